The normalized spacial score (nSPS) is 15.7. The maximum atomic E-state index is 4.33. The van der Waals surface area contributed by atoms with E-state index in [9.17, 15) is 0 Å². The number of hydrogen-bond donors (Lipinski definition) is 2. The van der Waals surface area contributed by atoms with E-state index in [2.05, 4.69) is 39.1 Å². The second-order valence-electron chi connectivity index (χ2n) is 3.20. The first-order valence-electron chi connectivity index (χ1n) is 4.64. The van der Waals surface area contributed by atoms with Gasteiger partial charge < -0.3 is 0 Å². The van der Waals surface area contributed by atoms with Gasteiger partial charge in [-0.05, 0) is 17.9 Å². The molecule has 80 valence electrons. The molecule has 0 spiro atoms. The van der Waals surface area contributed by atoms with Crippen molar-refractivity contribution in [3.8, 4) is 0 Å². The largest absolute Gasteiger partial charge is 0.175 e. The van der Waals surface area contributed by atoms with E-state index in [4.69, 9.17) is 0 Å². The van der Waals surface area contributed by atoms with E-state index in [-0.39, 0.29) is 0 Å². The molecule has 0 aliphatic carbocycles. The molecule has 0 aliphatic rings. The van der Waals surface area contributed by atoms with Crippen molar-refractivity contribution in [2.75, 3.05) is 23.0 Å². The smallest absolute Gasteiger partial charge is 0.00791 e. The maximum absolute atomic E-state index is 4.33. The summed E-state index contributed by atoms with van der Waals surface area (Å²) in [5, 5.41) is 1.07. The molecule has 0 aromatic carbocycles. The zero-order chi connectivity index (χ0) is 10.1. The van der Waals surface area contributed by atoms with Crippen LogP contribution in [0.1, 0.15) is 20.3 Å². The van der Waals surface area contributed by atoms with E-state index in [1.807, 2.05) is 23.5 Å². The molecule has 0 saturated heterocycles. The molecule has 2 unspecified atom stereocenters. The molecule has 0 bridgehead atoms. The fraction of sp³-hybridized carbons (Fsp3) is 1.00. The minimum Gasteiger partial charge on any atom is -0.175 e. The van der Waals surface area contributed by atoms with E-state index in [0.29, 0.717) is 10.5 Å². The lowest BCUT2D eigenvalue weighted by Crippen LogP contribution is -1.98. The molecule has 13 heavy (non-hydrogen) atoms. The molecule has 0 heterocycles. The first-order valence-corrected chi connectivity index (χ1v) is 7.98. The quantitative estimate of drug-likeness (QED) is 0.504. The lowest BCUT2D eigenvalue weighted by molar-refractivity contribution is 1.09. The minimum absolute atomic E-state index is 0.537. The predicted molar refractivity (Wildman–Crippen MR) is 76.2 cm³/mol. The van der Waals surface area contributed by atoms with Crippen molar-refractivity contribution in [1.82, 2.24) is 0 Å². The Labute approximate surface area is 102 Å². The molecule has 0 amide bonds. The molecule has 0 rings (SSSR count). The van der Waals surface area contributed by atoms with E-state index < -0.39 is 0 Å². The van der Waals surface area contributed by atoms with Gasteiger partial charge in [-0.2, -0.15) is 48.8 Å². The summed E-state index contributed by atoms with van der Waals surface area (Å²) >= 11 is 12.7. The monoisotopic (exact) mass is 256 g/mol. The Hall–Kier alpha value is 1.40. The van der Waals surface area contributed by atoms with Crippen LogP contribution in [0.2, 0.25) is 0 Å². The summed E-state index contributed by atoms with van der Waals surface area (Å²) in [5.41, 5.74) is 0. The van der Waals surface area contributed by atoms with Gasteiger partial charge in [-0.15, -0.1) is 0 Å². The van der Waals surface area contributed by atoms with Crippen LogP contribution in [-0.4, -0.2) is 33.5 Å². The SMILES string of the molecule is CC(S)CSCCCSCC(C)S. The van der Waals surface area contributed by atoms with Crippen LogP contribution in [0.3, 0.4) is 0 Å². The standard InChI is InChI=1S/C9H20S4/c1-8(10)6-12-4-3-5-13-7-9(2)11/h8-11H,3-7H2,1-2H3. The van der Waals surface area contributed by atoms with Crippen LogP contribution in [0.5, 0.6) is 0 Å². The van der Waals surface area contributed by atoms with E-state index >= 15 is 0 Å². The Morgan fingerprint density at radius 1 is 0.923 bits per heavy atom. The Balaban J connectivity index is 2.92. The second-order valence-corrected chi connectivity index (χ2v) is 7.26. The van der Waals surface area contributed by atoms with E-state index in [0.717, 1.165) is 0 Å². The number of hydrogen-bond acceptors (Lipinski definition) is 4. The van der Waals surface area contributed by atoms with Crippen molar-refractivity contribution in [2.45, 2.75) is 30.8 Å². The van der Waals surface area contributed by atoms with Crippen LogP contribution in [0.4, 0.5) is 0 Å². The third-order valence-corrected chi connectivity index (χ3v) is 4.78. The van der Waals surface area contributed by atoms with Crippen LogP contribution >= 0.6 is 48.8 Å². The second kappa shape index (κ2) is 9.94. The van der Waals surface area contributed by atoms with Crippen LogP contribution in [0, 0.1) is 0 Å². The highest BCUT2D eigenvalue weighted by Crippen LogP contribution is 2.12. The van der Waals surface area contributed by atoms with E-state index in [1.165, 1.54) is 29.4 Å². The first-order chi connectivity index (χ1) is 6.13. The van der Waals surface area contributed by atoms with Crippen molar-refractivity contribution in [1.29, 1.82) is 0 Å². The highest BCUT2D eigenvalue weighted by Gasteiger charge is 1.97. The molecule has 4 heteroatoms. The summed E-state index contributed by atoms with van der Waals surface area (Å²) < 4.78 is 0. The Bertz CT molecular complexity index is 91.8. The average molecular weight is 257 g/mol. The number of rotatable bonds is 8. The van der Waals surface area contributed by atoms with Crippen molar-refractivity contribution in [2.24, 2.45) is 0 Å². The topological polar surface area (TPSA) is 0 Å². The van der Waals surface area contributed by atoms with Crippen LogP contribution in [0.25, 0.3) is 0 Å². The molecule has 0 saturated carbocycles. The zero-order valence-electron chi connectivity index (χ0n) is 8.40. The van der Waals surface area contributed by atoms with Gasteiger partial charge in [0, 0.05) is 22.0 Å². The van der Waals surface area contributed by atoms with Gasteiger partial charge in [-0.3, -0.25) is 0 Å². The fourth-order valence-electron chi connectivity index (χ4n) is 0.771. The van der Waals surface area contributed by atoms with Crippen molar-refractivity contribution in [3.05, 3.63) is 0 Å². The Morgan fingerprint density at radius 3 is 1.62 bits per heavy atom. The molecular formula is C9H20S4. The lowest BCUT2D eigenvalue weighted by atomic mass is 10.6. The summed E-state index contributed by atoms with van der Waals surface area (Å²) in [7, 11) is 0. The molecular weight excluding hydrogens is 236 g/mol. The Morgan fingerprint density at radius 2 is 1.31 bits per heavy atom. The van der Waals surface area contributed by atoms with Gasteiger partial charge in [0.25, 0.3) is 0 Å². The molecule has 0 fully saturated rings. The van der Waals surface area contributed by atoms with Crippen molar-refractivity contribution in [3.63, 3.8) is 0 Å². The summed E-state index contributed by atoms with van der Waals surface area (Å²) in [6.45, 7) is 4.29. The third kappa shape index (κ3) is 13.4. The van der Waals surface area contributed by atoms with Crippen molar-refractivity contribution < 1.29 is 0 Å². The fourth-order valence-corrected chi connectivity index (χ4v) is 3.30. The van der Waals surface area contributed by atoms with Gasteiger partial charge >= 0.3 is 0 Å². The summed E-state index contributed by atoms with van der Waals surface area (Å²) in [4.78, 5) is 0. The number of thioether (sulfide) groups is 2. The van der Waals surface area contributed by atoms with Crippen LogP contribution in [0.15, 0.2) is 0 Å². The molecule has 0 aromatic heterocycles. The highest BCUT2D eigenvalue weighted by molar-refractivity contribution is 8.00. The highest BCUT2D eigenvalue weighted by atomic mass is 32.2. The molecule has 0 aliphatic heterocycles. The van der Waals surface area contributed by atoms with Gasteiger partial charge in [0.1, 0.15) is 0 Å². The summed E-state index contributed by atoms with van der Waals surface area (Å²) in [5.74, 6) is 4.91. The van der Waals surface area contributed by atoms with Gasteiger partial charge in [0.15, 0.2) is 0 Å². The van der Waals surface area contributed by atoms with Gasteiger partial charge in [-0.1, -0.05) is 13.8 Å². The average Bonchev–Trinajstić information content (AvgIpc) is 2.01. The lowest BCUT2D eigenvalue weighted by Gasteiger charge is -2.05. The van der Waals surface area contributed by atoms with Crippen molar-refractivity contribution >= 4 is 48.8 Å². The van der Waals surface area contributed by atoms with E-state index in [1.54, 1.807) is 0 Å². The molecule has 0 aromatic rings. The van der Waals surface area contributed by atoms with Crippen LogP contribution in [-0.2, 0) is 0 Å². The Kier molecular flexibility index (Phi) is 11.0. The molecule has 0 nitrogen and oxygen atoms in total. The van der Waals surface area contributed by atoms with Gasteiger partial charge in [0.2, 0.25) is 0 Å². The van der Waals surface area contributed by atoms with Gasteiger partial charge in [0.05, 0.1) is 0 Å². The third-order valence-electron chi connectivity index (χ3n) is 1.30. The summed E-state index contributed by atoms with van der Waals surface area (Å²) in [6, 6.07) is 0. The number of thiol groups is 2. The minimum atomic E-state index is 0.537. The first kappa shape index (κ1) is 14.4. The summed E-state index contributed by atoms with van der Waals surface area (Å²) in [6.07, 6.45) is 1.32. The molecule has 0 radical (unpaired) electrons. The van der Waals surface area contributed by atoms with Gasteiger partial charge in [-0.25, -0.2) is 0 Å². The van der Waals surface area contributed by atoms with Crippen LogP contribution < -0.4 is 0 Å². The molecule has 0 N–H and O–H groups in total. The zero-order valence-corrected chi connectivity index (χ0v) is 11.8. The molecule has 2 atom stereocenters. The maximum Gasteiger partial charge on any atom is 0.00791 e. The predicted octanol–water partition coefficient (Wildman–Crippen LogP) is 3.48.